The molecule has 0 spiro atoms. The molecule has 9 heteroatoms. The molecule has 146 valence electrons. The summed E-state index contributed by atoms with van der Waals surface area (Å²) in [6.45, 7) is 5.70. The number of benzene rings is 1. The summed E-state index contributed by atoms with van der Waals surface area (Å²) in [6, 6.07) is 8.58. The number of nitrogens with zero attached hydrogens (tertiary/aromatic N) is 2. The van der Waals surface area contributed by atoms with E-state index in [1.54, 1.807) is 11.3 Å². The molecule has 1 N–H and O–H groups in total. The van der Waals surface area contributed by atoms with Gasteiger partial charge in [0, 0.05) is 47.7 Å². The zero-order valence-corrected chi connectivity index (χ0v) is 18.2. The molecule has 3 rings (SSSR count). The monoisotopic (exact) mass is 473 g/mol. The number of thiophene rings is 1. The lowest BCUT2D eigenvalue weighted by molar-refractivity contribution is -0.384. The number of nitro groups is 1. The maximum Gasteiger partial charge on any atom is 0.269 e. The Morgan fingerprint density at radius 1 is 1.37 bits per heavy atom. The first-order valence-corrected chi connectivity index (χ1v) is 10.0. The predicted octanol–water partition coefficient (Wildman–Crippen LogP) is 4.58. The average Bonchev–Trinajstić information content (AvgIpc) is 2.98. The molecule has 1 aliphatic rings. The Balaban J connectivity index is 0.00000261. The Hall–Kier alpha value is -1.48. The van der Waals surface area contributed by atoms with Crippen molar-refractivity contribution in [3.8, 4) is 0 Å². The summed E-state index contributed by atoms with van der Waals surface area (Å²) in [4.78, 5) is 26.3. The van der Waals surface area contributed by atoms with Gasteiger partial charge in [-0.2, -0.15) is 0 Å². The first-order valence-electron chi connectivity index (χ1n) is 8.43. The molecule has 0 aliphatic carbocycles. The van der Waals surface area contributed by atoms with Crippen LogP contribution in [0.2, 0.25) is 0 Å². The number of hydrogen-bond donors (Lipinski definition) is 1. The van der Waals surface area contributed by atoms with Crippen LogP contribution in [0.15, 0.2) is 34.1 Å². The van der Waals surface area contributed by atoms with Crippen molar-refractivity contribution >= 4 is 51.3 Å². The fraction of sp³-hybridized carbons (Fsp3) is 0.389. The number of carbonyl (C=O) groups excluding carboxylic acids is 1. The third kappa shape index (κ3) is 4.87. The van der Waals surface area contributed by atoms with E-state index < -0.39 is 4.92 Å². The van der Waals surface area contributed by atoms with Gasteiger partial charge in [-0.25, -0.2) is 0 Å². The molecule has 2 unspecified atom stereocenters. The van der Waals surface area contributed by atoms with Crippen LogP contribution < -0.4 is 5.32 Å². The third-order valence-corrected chi connectivity index (χ3v) is 6.48. The standard InChI is InChI=1S/C18H20BrN3O3S.ClH/c1-11-9-16-15(10-17(19)26-16)12(2)21(11)8-7-20-18(23)13-3-5-14(6-4-13)22(24)25;/h3-6,10-12H,7-9H2,1-2H3,(H,20,23);1H. The summed E-state index contributed by atoms with van der Waals surface area (Å²) < 4.78 is 1.16. The quantitative estimate of drug-likeness (QED) is 0.508. The number of rotatable bonds is 5. The third-order valence-electron chi connectivity index (χ3n) is 4.80. The van der Waals surface area contributed by atoms with Crippen molar-refractivity contribution in [2.75, 3.05) is 13.1 Å². The number of carbonyl (C=O) groups is 1. The summed E-state index contributed by atoms with van der Waals surface area (Å²) in [5.41, 5.74) is 1.77. The molecular formula is C18H21BrClN3O3S. The minimum absolute atomic E-state index is 0. The van der Waals surface area contributed by atoms with E-state index in [2.05, 4.69) is 46.1 Å². The average molecular weight is 475 g/mol. The van der Waals surface area contributed by atoms with Gasteiger partial charge < -0.3 is 5.32 Å². The van der Waals surface area contributed by atoms with E-state index in [1.807, 2.05) is 0 Å². The molecule has 1 amide bonds. The van der Waals surface area contributed by atoms with Crippen molar-refractivity contribution in [3.63, 3.8) is 0 Å². The fourth-order valence-electron chi connectivity index (χ4n) is 3.42. The van der Waals surface area contributed by atoms with Gasteiger partial charge in [-0.1, -0.05) is 0 Å². The van der Waals surface area contributed by atoms with Crippen LogP contribution >= 0.6 is 39.7 Å². The number of nitro benzene ring substituents is 1. The molecule has 2 heterocycles. The van der Waals surface area contributed by atoms with E-state index in [0.717, 1.165) is 16.8 Å². The molecular weight excluding hydrogens is 454 g/mol. The molecule has 0 fully saturated rings. The number of halogens is 2. The van der Waals surface area contributed by atoms with E-state index in [0.29, 0.717) is 24.2 Å². The van der Waals surface area contributed by atoms with Crippen LogP contribution in [0.25, 0.3) is 0 Å². The molecule has 0 bridgehead atoms. The van der Waals surface area contributed by atoms with Crippen LogP contribution in [0, 0.1) is 10.1 Å². The SMILES string of the molecule is CC1Cc2sc(Br)cc2C(C)N1CCNC(=O)c1ccc([N+](=O)[O-])cc1.Cl. The minimum Gasteiger partial charge on any atom is -0.351 e. The molecule has 0 saturated heterocycles. The molecule has 1 aromatic heterocycles. The number of non-ortho nitro benzene ring substituents is 1. The predicted molar refractivity (Wildman–Crippen MR) is 113 cm³/mol. The van der Waals surface area contributed by atoms with Crippen LogP contribution in [0.1, 0.15) is 40.7 Å². The summed E-state index contributed by atoms with van der Waals surface area (Å²) in [5.74, 6) is -0.212. The van der Waals surface area contributed by atoms with Gasteiger partial charge in [-0.15, -0.1) is 23.7 Å². The van der Waals surface area contributed by atoms with Gasteiger partial charge in [0.15, 0.2) is 0 Å². The molecule has 1 aliphatic heterocycles. The van der Waals surface area contributed by atoms with Crippen molar-refractivity contribution in [1.29, 1.82) is 0 Å². The minimum atomic E-state index is -0.474. The van der Waals surface area contributed by atoms with E-state index in [-0.39, 0.29) is 24.0 Å². The maximum atomic E-state index is 12.2. The molecule has 6 nitrogen and oxygen atoms in total. The molecule has 2 aromatic rings. The zero-order chi connectivity index (χ0) is 18.8. The van der Waals surface area contributed by atoms with Crippen molar-refractivity contribution in [3.05, 3.63) is 60.2 Å². The van der Waals surface area contributed by atoms with Gasteiger partial charge in [-0.05, 0) is 60.0 Å². The summed E-state index contributed by atoms with van der Waals surface area (Å²) in [6.07, 6.45) is 1.02. The first-order chi connectivity index (χ1) is 12.4. The fourth-order valence-corrected chi connectivity index (χ4v) is 5.34. The highest BCUT2D eigenvalue weighted by Gasteiger charge is 2.30. The number of fused-ring (bicyclic) bond motifs is 1. The van der Waals surface area contributed by atoms with E-state index in [1.165, 1.54) is 34.7 Å². The lowest BCUT2D eigenvalue weighted by Crippen LogP contribution is -2.44. The smallest absolute Gasteiger partial charge is 0.269 e. The van der Waals surface area contributed by atoms with E-state index in [9.17, 15) is 14.9 Å². The highest BCUT2D eigenvalue weighted by atomic mass is 79.9. The van der Waals surface area contributed by atoms with Crippen LogP contribution in [0.5, 0.6) is 0 Å². The Kier molecular flexibility index (Phi) is 7.39. The molecule has 1 aromatic carbocycles. The summed E-state index contributed by atoms with van der Waals surface area (Å²) in [7, 11) is 0. The molecule has 2 atom stereocenters. The van der Waals surface area contributed by atoms with Crippen LogP contribution in [-0.4, -0.2) is 34.9 Å². The normalized spacial score (nSPS) is 19.1. The highest BCUT2D eigenvalue weighted by molar-refractivity contribution is 9.11. The summed E-state index contributed by atoms with van der Waals surface area (Å²) in [5, 5.41) is 13.6. The Bertz CT molecular complexity index is 828. The second-order valence-electron chi connectivity index (χ2n) is 6.46. The highest BCUT2D eigenvalue weighted by Crippen LogP contribution is 2.39. The largest absolute Gasteiger partial charge is 0.351 e. The lowest BCUT2D eigenvalue weighted by Gasteiger charge is -2.39. The van der Waals surface area contributed by atoms with Gasteiger partial charge in [0.2, 0.25) is 0 Å². The Labute approximate surface area is 176 Å². The van der Waals surface area contributed by atoms with Crippen molar-refractivity contribution in [2.45, 2.75) is 32.4 Å². The number of hydrogen-bond acceptors (Lipinski definition) is 5. The maximum absolute atomic E-state index is 12.2. The summed E-state index contributed by atoms with van der Waals surface area (Å²) >= 11 is 5.37. The van der Waals surface area contributed by atoms with Gasteiger partial charge in [-0.3, -0.25) is 19.8 Å². The number of nitrogens with one attached hydrogen (secondary N) is 1. The van der Waals surface area contributed by atoms with Crippen LogP contribution in [0.4, 0.5) is 5.69 Å². The van der Waals surface area contributed by atoms with Crippen LogP contribution in [0.3, 0.4) is 0 Å². The van der Waals surface area contributed by atoms with E-state index in [4.69, 9.17) is 0 Å². The second kappa shape index (κ2) is 9.14. The van der Waals surface area contributed by atoms with Gasteiger partial charge >= 0.3 is 0 Å². The first kappa shape index (κ1) is 21.8. The topological polar surface area (TPSA) is 75.5 Å². The number of amides is 1. The molecule has 27 heavy (non-hydrogen) atoms. The Morgan fingerprint density at radius 3 is 2.67 bits per heavy atom. The molecule has 0 radical (unpaired) electrons. The van der Waals surface area contributed by atoms with E-state index >= 15 is 0 Å². The van der Waals surface area contributed by atoms with Crippen molar-refractivity contribution < 1.29 is 9.72 Å². The van der Waals surface area contributed by atoms with Gasteiger partial charge in [0.25, 0.3) is 11.6 Å². The van der Waals surface area contributed by atoms with Gasteiger partial charge in [0.05, 0.1) is 8.71 Å². The second-order valence-corrected chi connectivity index (χ2v) is 8.97. The Morgan fingerprint density at radius 2 is 2.04 bits per heavy atom. The zero-order valence-electron chi connectivity index (χ0n) is 15.0. The lowest BCUT2D eigenvalue weighted by atomic mass is 9.96. The molecule has 0 saturated carbocycles. The van der Waals surface area contributed by atoms with Crippen molar-refractivity contribution in [2.24, 2.45) is 0 Å². The van der Waals surface area contributed by atoms with Gasteiger partial charge in [0.1, 0.15) is 0 Å². The van der Waals surface area contributed by atoms with Crippen LogP contribution in [-0.2, 0) is 6.42 Å². The van der Waals surface area contributed by atoms with Crippen molar-refractivity contribution in [1.82, 2.24) is 10.2 Å².